The van der Waals surface area contributed by atoms with Gasteiger partial charge in [-0.15, -0.1) is 0 Å². The number of nitrogens with zero attached hydrogens (tertiary/aromatic N) is 1. The number of benzene rings is 3. The largest absolute Gasteiger partial charge is 0.475 e. The number of hydrogen-bond donors (Lipinski definition) is 3. The van der Waals surface area contributed by atoms with Crippen LogP contribution in [0.5, 0.6) is 0 Å². The van der Waals surface area contributed by atoms with E-state index in [0.717, 1.165) is 22.3 Å². The fourth-order valence-electron chi connectivity index (χ4n) is 6.02. The van der Waals surface area contributed by atoms with Crippen molar-refractivity contribution in [1.29, 1.82) is 0 Å². The molecule has 0 bridgehead atoms. The van der Waals surface area contributed by atoms with Gasteiger partial charge in [-0.3, -0.25) is 9.59 Å². The fourth-order valence-corrected chi connectivity index (χ4v) is 6.20. The summed E-state index contributed by atoms with van der Waals surface area (Å²) in [6.07, 6.45) is -2.18. The zero-order valence-corrected chi connectivity index (χ0v) is 27.8. The maximum atomic E-state index is 14.4. The lowest BCUT2D eigenvalue weighted by Gasteiger charge is -2.32. The summed E-state index contributed by atoms with van der Waals surface area (Å²) in [5.74, 6) is -2.23. The van der Waals surface area contributed by atoms with Crippen LogP contribution in [0.1, 0.15) is 75.9 Å². The molecule has 0 aliphatic carbocycles. The highest BCUT2D eigenvalue weighted by Crippen LogP contribution is 2.42. The molecule has 1 aliphatic rings. The third kappa shape index (κ3) is 6.15. The Labute approximate surface area is 273 Å². The van der Waals surface area contributed by atoms with Crippen LogP contribution < -0.4 is 10.2 Å². The van der Waals surface area contributed by atoms with Crippen molar-refractivity contribution in [2.24, 2.45) is 5.41 Å². The molecular weight excluding hydrogens is 608 g/mol. The average Bonchev–Trinajstić information content (AvgIpc) is 3.43. The Morgan fingerprint density at radius 1 is 0.978 bits per heavy atom. The SMILES string of the molecule is Cc1cccc([C@H]2O[C@H](CC(=O)Nc3c(C)c(C)c4oc(C(=O)O)cc4c3C)C(=O)N(CC(C)(C)CO)c3ccc(Cl)cc32)c1C. The number of nitrogens with one attached hydrogen (secondary N) is 1. The number of hydrogen-bond acceptors (Lipinski definition) is 6. The van der Waals surface area contributed by atoms with Gasteiger partial charge < -0.3 is 29.6 Å². The van der Waals surface area contributed by atoms with Crippen LogP contribution in [-0.2, 0) is 14.3 Å². The number of carbonyl (C=O) groups excluding carboxylic acids is 2. The number of amides is 2. The molecule has 242 valence electrons. The van der Waals surface area contributed by atoms with Gasteiger partial charge in [-0.1, -0.05) is 43.6 Å². The van der Waals surface area contributed by atoms with Crippen LogP contribution in [0.2, 0.25) is 5.02 Å². The molecule has 5 rings (SSSR count). The molecule has 1 aromatic heterocycles. The van der Waals surface area contributed by atoms with E-state index in [1.54, 1.807) is 36.9 Å². The average molecular weight is 647 g/mol. The first-order valence-electron chi connectivity index (χ1n) is 15.1. The topological polar surface area (TPSA) is 129 Å². The minimum atomic E-state index is -1.18. The van der Waals surface area contributed by atoms with Crippen molar-refractivity contribution in [1.82, 2.24) is 0 Å². The summed E-state index contributed by atoms with van der Waals surface area (Å²) in [5, 5.41) is 23.6. The van der Waals surface area contributed by atoms with Crippen LogP contribution in [0.25, 0.3) is 11.0 Å². The first kappa shape index (κ1) is 33.2. The van der Waals surface area contributed by atoms with E-state index in [0.29, 0.717) is 44.1 Å². The quantitative estimate of drug-likeness (QED) is 0.185. The number of carboxylic acid groups (broad SMARTS) is 1. The highest BCUT2D eigenvalue weighted by atomic mass is 35.5. The monoisotopic (exact) mass is 646 g/mol. The second kappa shape index (κ2) is 12.5. The minimum Gasteiger partial charge on any atom is -0.475 e. The van der Waals surface area contributed by atoms with Crippen LogP contribution >= 0.6 is 11.6 Å². The van der Waals surface area contributed by atoms with Gasteiger partial charge in [-0.25, -0.2) is 4.79 Å². The first-order chi connectivity index (χ1) is 21.6. The van der Waals surface area contributed by atoms with Crippen LogP contribution in [0, 0.1) is 40.0 Å². The third-order valence-electron chi connectivity index (χ3n) is 8.98. The Balaban J connectivity index is 1.57. The van der Waals surface area contributed by atoms with Crippen molar-refractivity contribution >= 4 is 51.7 Å². The molecule has 3 aromatic carbocycles. The van der Waals surface area contributed by atoms with Crippen molar-refractivity contribution in [3.05, 3.63) is 92.2 Å². The Bertz CT molecular complexity index is 1880. The number of carbonyl (C=O) groups is 3. The van der Waals surface area contributed by atoms with Gasteiger partial charge >= 0.3 is 5.97 Å². The molecular formula is C36H39ClN2O7. The predicted octanol–water partition coefficient (Wildman–Crippen LogP) is 7.20. The lowest BCUT2D eigenvalue weighted by Crippen LogP contribution is -2.46. The summed E-state index contributed by atoms with van der Waals surface area (Å²) in [4.78, 5) is 41.4. The van der Waals surface area contributed by atoms with Gasteiger partial charge in [0, 0.05) is 45.9 Å². The van der Waals surface area contributed by atoms with Gasteiger partial charge in [0.25, 0.3) is 5.91 Å². The standard InChI is InChI=1S/C36H39ClN2O7/c1-18-9-8-10-24(19(18)2)33-26-13-23(37)11-12-27(26)39(16-36(6,7)17-40)34(42)28(45-33)15-30(41)38-31-20(3)21(4)32-25(22(31)5)14-29(46-32)35(43)44/h8-14,28,33,40H,15-17H2,1-7H3,(H,38,41)(H,43,44)/t28-,33-/m1/s1. The number of furan rings is 1. The molecule has 0 fully saturated rings. The molecule has 4 aromatic rings. The van der Waals surface area contributed by atoms with E-state index in [2.05, 4.69) is 5.32 Å². The van der Waals surface area contributed by atoms with Crippen LogP contribution in [-0.4, -0.2) is 47.3 Å². The molecule has 0 unspecified atom stereocenters. The lowest BCUT2D eigenvalue weighted by atomic mass is 9.91. The summed E-state index contributed by atoms with van der Waals surface area (Å²) < 4.78 is 12.2. The number of halogens is 1. The number of aromatic carboxylic acids is 1. The van der Waals surface area contributed by atoms with Gasteiger partial charge in [0.15, 0.2) is 0 Å². The van der Waals surface area contributed by atoms with Gasteiger partial charge in [0.2, 0.25) is 11.7 Å². The highest BCUT2D eigenvalue weighted by Gasteiger charge is 2.40. The van der Waals surface area contributed by atoms with E-state index in [1.165, 1.54) is 6.07 Å². The van der Waals surface area contributed by atoms with Crippen LogP contribution in [0.4, 0.5) is 11.4 Å². The highest BCUT2D eigenvalue weighted by molar-refractivity contribution is 6.30. The fraction of sp³-hybridized carbons (Fsp3) is 0.361. The van der Waals surface area contributed by atoms with E-state index in [-0.39, 0.29) is 25.3 Å². The molecule has 2 atom stereocenters. The zero-order valence-electron chi connectivity index (χ0n) is 27.1. The van der Waals surface area contributed by atoms with E-state index in [1.807, 2.05) is 52.8 Å². The summed E-state index contributed by atoms with van der Waals surface area (Å²) in [7, 11) is 0. The molecule has 3 N–H and O–H groups in total. The third-order valence-corrected chi connectivity index (χ3v) is 9.22. The molecule has 9 nitrogen and oxygen atoms in total. The van der Waals surface area contributed by atoms with E-state index >= 15 is 0 Å². The summed E-state index contributed by atoms with van der Waals surface area (Å²) in [6, 6.07) is 12.6. The number of ether oxygens (including phenoxy) is 1. The Morgan fingerprint density at radius 2 is 1.70 bits per heavy atom. The summed E-state index contributed by atoms with van der Waals surface area (Å²) in [5.41, 5.74) is 6.58. The van der Waals surface area contributed by atoms with Crippen molar-refractivity contribution in [3.63, 3.8) is 0 Å². The lowest BCUT2D eigenvalue weighted by molar-refractivity contribution is -0.136. The predicted molar refractivity (Wildman–Crippen MR) is 178 cm³/mol. The number of anilines is 2. The maximum Gasteiger partial charge on any atom is 0.371 e. The smallest absolute Gasteiger partial charge is 0.371 e. The molecule has 46 heavy (non-hydrogen) atoms. The van der Waals surface area contributed by atoms with Crippen LogP contribution in [0.3, 0.4) is 0 Å². The number of carboxylic acids is 1. The molecule has 1 aliphatic heterocycles. The molecule has 10 heteroatoms. The van der Waals surface area contributed by atoms with Crippen molar-refractivity contribution in [3.8, 4) is 0 Å². The molecule has 2 heterocycles. The molecule has 0 saturated carbocycles. The number of fused-ring (bicyclic) bond motifs is 2. The normalized spacial score (nSPS) is 16.8. The number of aliphatic hydroxyl groups is 1. The summed E-state index contributed by atoms with van der Waals surface area (Å²) >= 11 is 6.51. The first-order valence-corrected chi connectivity index (χ1v) is 15.5. The molecule has 0 radical (unpaired) electrons. The van der Waals surface area contributed by atoms with Crippen molar-refractivity contribution in [2.75, 3.05) is 23.4 Å². The molecule has 0 saturated heterocycles. The van der Waals surface area contributed by atoms with Gasteiger partial charge in [-0.2, -0.15) is 0 Å². The van der Waals surface area contributed by atoms with Gasteiger partial charge in [0.05, 0.1) is 6.42 Å². The minimum absolute atomic E-state index is 0.163. The summed E-state index contributed by atoms with van der Waals surface area (Å²) in [6.45, 7) is 13.2. The molecule has 2 amide bonds. The van der Waals surface area contributed by atoms with E-state index in [4.69, 9.17) is 20.8 Å². The second-order valence-corrected chi connectivity index (χ2v) is 13.3. The van der Waals surface area contributed by atoms with Crippen LogP contribution in [0.15, 0.2) is 46.9 Å². The van der Waals surface area contributed by atoms with Crippen molar-refractivity contribution in [2.45, 2.75) is 67.1 Å². The van der Waals surface area contributed by atoms with Gasteiger partial charge in [0.1, 0.15) is 17.8 Å². The molecule has 0 spiro atoms. The zero-order chi connectivity index (χ0) is 33.7. The van der Waals surface area contributed by atoms with Gasteiger partial charge in [-0.05, 0) is 92.3 Å². The number of rotatable bonds is 8. The maximum absolute atomic E-state index is 14.4. The van der Waals surface area contributed by atoms with E-state index < -0.39 is 35.4 Å². The number of aryl methyl sites for hydroxylation is 3. The number of aliphatic hydroxyl groups excluding tert-OH is 1. The Kier molecular flexibility index (Phi) is 9.05. The van der Waals surface area contributed by atoms with E-state index in [9.17, 15) is 24.6 Å². The second-order valence-electron chi connectivity index (χ2n) is 12.9. The Morgan fingerprint density at radius 3 is 2.37 bits per heavy atom. The Hall–Kier alpha value is -4.18. The van der Waals surface area contributed by atoms with Crippen molar-refractivity contribution < 1.29 is 33.8 Å².